The molecule has 0 atom stereocenters. The molecule has 1 aromatic carbocycles. The summed E-state index contributed by atoms with van der Waals surface area (Å²) in [4.78, 5) is 0. The average Bonchev–Trinajstić information content (AvgIpc) is 2.82. The maximum absolute atomic E-state index is 6.12. The predicted octanol–water partition coefficient (Wildman–Crippen LogP) is 2.91. The van der Waals surface area contributed by atoms with E-state index in [4.69, 9.17) is 28.9 Å². The van der Waals surface area contributed by atoms with E-state index in [0.717, 1.165) is 30.5 Å². The van der Waals surface area contributed by atoms with E-state index >= 15 is 0 Å². The van der Waals surface area contributed by atoms with E-state index in [0.29, 0.717) is 23.1 Å². The lowest BCUT2D eigenvalue weighted by molar-refractivity contribution is 0.648. The molecule has 19 heavy (non-hydrogen) atoms. The van der Waals surface area contributed by atoms with Crippen LogP contribution in [-0.4, -0.2) is 21.5 Å². The van der Waals surface area contributed by atoms with Crippen LogP contribution in [0.4, 0.5) is 0 Å². The van der Waals surface area contributed by atoms with Gasteiger partial charge in [0.15, 0.2) is 0 Å². The lowest BCUT2D eigenvalue weighted by Crippen LogP contribution is -2.01. The third-order valence-electron chi connectivity index (χ3n) is 2.81. The fourth-order valence-electron chi connectivity index (χ4n) is 1.82. The summed E-state index contributed by atoms with van der Waals surface area (Å²) in [5, 5.41) is 9.58. The van der Waals surface area contributed by atoms with Crippen molar-refractivity contribution < 1.29 is 0 Å². The van der Waals surface area contributed by atoms with Gasteiger partial charge in [0.05, 0.1) is 12.2 Å². The molecule has 1 heterocycles. The number of benzene rings is 1. The molecule has 102 valence electrons. The van der Waals surface area contributed by atoms with Gasteiger partial charge < -0.3 is 5.73 Å². The molecule has 2 N–H and O–H groups in total. The van der Waals surface area contributed by atoms with Crippen molar-refractivity contribution in [3.05, 3.63) is 45.7 Å². The number of aryl methyl sites for hydroxylation is 1. The summed E-state index contributed by atoms with van der Waals surface area (Å²) in [6.07, 6.45) is 4.88. The van der Waals surface area contributed by atoms with E-state index in [2.05, 4.69) is 10.3 Å². The first-order chi connectivity index (χ1) is 9.19. The fourth-order valence-corrected chi connectivity index (χ4v) is 2.19. The van der Waals surface area contributed by atoms with Crippen LogP contribution in [0.2, 0.25) is 10.0 Å². The van der Waals surface area contributed by atoms with Gasteiger partial charge in [0.2, 0.25) is 0 Å². The lowest BCUT2D eigenvalue weighted by Gasteiger charge is -2.04. The van der Waals surface area contributed by atoms with Crippen LogP contribution < -0.4 is 5.73 Å². The quantitative estimate of drug-likeness (QED) is 0.834. The van der Waals surface area contributed by atoms with Gasteiger partial charge in [-0.3, -0.25) is 0 Å². The molecule has 0 spiro atoms. The Bertz CT molecular complexity index is 539. The van der Waals surface area contributed by atoms with Crippen molar-refractivity contribution in [2.24, 2.45) is 5.73 Å². The minimum absolute atomic E-state index is 0.573. The molecule has 6 heteroatoms. The molecule has 0 amide bonds. The van der Waals surface area contributed by atoms with Crippen molar-refractivity contribution >= 4 is 23.2 Å². The third kappa shape index (κ3) is 4.20. The highest BCUT2D eigenvalue weighted by molar-refractivity contribution is 6.33. The van der Waals surface area contributed by atoms with Crippen molar-refractivity contribution in [1.29, 1.82) is 0 Å². The van der Waals surface area contributed by atoms with Gasteiger partial charge in [-0.25, -0.2) is 4.68 Å². The predicted molar refractivity (Wildman–Crippen MR) is 77.6 cm³/mol. The van der Waals surface area contributed by atoms with E-state index in [-0.39, 0.29) is 0 Å². The number of hydrogen-bond acceptors (Lipinski definition) is 3. The van der Waals surface area contributed by atoms with E-state index in [1.807, 2.05) is 12.3 Å². The molecule has 0 saturated heterocycles. The monoisotopic (exact) mass is 298 g/mol. The van der Waals surface area contributed by atoms with Crippen LogP contribution in [0.15, 0.2) is 24.4 Å². The Balaban J connectivity index is 2.01. The first-order valence-corrected chi connectivity index (χ1v) is 6.97. The van der Waals surface area contributed by atoms with Crippen LogP contribution in [0.5, 0.6) is 0 Å². The molecular weight excluding hydrogens is 283 g/mol. The van der Waals surface area contributed by atoms with Crippen LogP contribution in [0.3, 0.4) is 0 Å². The number of unbranched alkanes of at least 4 members (excludes halogenated alkanes) is 1. The van der Waals surface area contributed by atoms with Crippen molar-refractivity contribution in [3.8, 4) is 0 Å². The van der Waals surface area contributed by atoms with Crippen LogP contribution >= 0.6 is 23.2 Å². The molecule has 1 aromatic heterocycles. The Kier molecular flexibility index (Phi) is 5.19. The van der Waals surface area contributed by atoms with Gasteiger partial charge in [0, 0.05) is 16.2 Å². The SMILES string of the molecule is NCCCCc1cn(Cc2cc(Cl)ccc2Cl)nn1. The maximum Gasteiger partial charge on any atom is 0.0827 e. The molecule has 0 aliphatic carbocycles. The number of aromatic nitrogens is 3. The zero-order valence-electron chi connectivity index (χ0n) is 10.5. The Hall–Kier alpha value is -1.10. The second-order valence-corrected chi connectivity index (χ2v) is 5.23. The van der Waals surface area contributed by atoms with Gasteiger partial charge in [-0.05, 0) is 49.6 Å². The molecular formula is C13H16Cl2N4. The van der Waals surface area contributed by atoms with Gasteiger partial charge in [0.25, 0.3) is 0 Å². The van der Waals surface area contributed by atoms with E-state index in [9.17, 15) is 0 Å². The summed E-state index contributed by atoms with van der Waals surface area (Å²) in [5.41, 5.74) is 7.38. The summed E-state index contributed by atoms with van der Waals surface area (Å²) in [6, 6.07) is 5.41. The molecule has 0 aliphatic rings. The topological polar surface area (TPSA) is 56.7 Å². The minimum Gasteiger partial charge on any atom is -0.330 e. The van der Waals surface area contributed by atoms with Crippen LogP contribution in [0.1, 0.15) is 24.1 Å². The standard InChI is InChI=1S/C13H16Cl2N4/c14-11-4-5-13(15)10(7-11)8-19-9-12(17-18-19)3-1-2-6-16/h4-5,7,9H,1-3,6,8,16H2. The maximum atomic E-state index is 6.12. The summed E-state index contributed by atoms with van der Waals surface area (Å²) >= 11 is 12.1. The van der Waals surface area contributed by atoms with Crippen molar-refractivity contribution in [2.75, 3.05) is 6.54 Å². The van der Waals surface area contributed by atoms with Gasteiger partial charge >= 0.3 is 0 Å². The Morgan fingerprint density at radius 2 is 2.05 bits per heavy atom. The second kappa shape index (κ2) is 6.89. The van der Waals surface area contributed by atoms with Crippen LogP contribution in [-0.2, 0) is 13.0 Å². The molecule has 0 fully saturated rings. The van der Waals surface area contributed by atoms with Gasteiger partial charge in [-0.1, -0.05) is 28.4 Å². The Morgan fingerprint density at radius 3 is 2.84 bits per heavy atom. The van der Waals surface area contributed by atoms with Gasteiger partial charge in [-0.2, -0.15) is 0 Å². The normalized spacial score (nSPS) is 10.9. The molecule has 2 rings (SSSR count). The molecule has 0 unspecified atom stereocenters. The summed E-state index contributed by atoms with van der Waals surface area (Å²) in [7, 11) is 0. The molecule has 0 radical (unpaired) electrons. The zero-order chi connectivity index (χ0) is 13.7. The highest BCUT2D eigenvalue weighted by Crippen LogP contribution is 2.21. The average molecular weight is 299 g/mol. The van der Waals surface area contributed by atoms with Crippen molar-refractivity contribution in [2.45, 2.75) is 25.8 Å². The van der Waals surface area contributed by atoms with Crippen LogP contribution in [0.25, 0.3) is 0 Å². The van der Waals surface area contributed by atoms with Crippen molar-refractivity contribution in [1.82, 2.24) is 15.0 Å². The first kappa shape index (κ1) is 14.3. The number of halogens is 2. The smallest absolute Gasteiger partial charge is 0.0827 e. The molecule has 2 aromatic rings. The number of rotatable bonds is 6. The highest BCUT2D eigenvalue weighted by atomic mass is 35.5. The van der Waals surface area contributed by atoms with E-state index in [1.165, 1.54) is 0 Å². The Morgan fingerprint density at radius 1 is 1.21 bits per heavy atom. The largest absolute Gasteiger partial charge is 0.330 e. The summed E-state index contributed by atoms with van der Waals surface area (Å²) in [6.45, 7) is 1.29. The van der Waals surface area contributed by atoms with Crippen molar-refractivity contribution in [3.63, 3.8) is 0 Å². The lowest BCUT2D eigenvalue weighted by atomic mass is 10.2. The molecule has 4 nitrogen and oxygen atoms in total. The number of hydrogen-bond donors (Lipinski definition) is 1. The van der Waals surface area contributed by atoms with Gasteiger partial charge in [0.1, 0.15) is 0 Å². The van der Waals surface area contributed by atoms with Gasteiger partial charge in [-0.15, -0.1) is 5.10 Å². The Labute approximate surface area is 122 Å². The number of nitrogens with two attached hydrogens (primary N) is 1. The number of nitrogens with zero attached hydrogens (tertiary/aromatic N) is 3. The highest BCUT2D eigenvalue weighted by Gasteiger charge is 2.05. The van der Waals surface area contributed by atoms with Crippen LogP contribution in [0, 0.1) is 0 Å². The molecule has 0 saturated carbocycles. The molecule has 0 bridgehead atoms. The third-order valence-corrected chi connectivity index (χ3v) is 3.42. The first-order valence-electron chi connectivity index (χ1n) is 6.22. The second-order valence-electron chi connectivity index (χ2n) is 4.39. The molecule has 0 aliphatic heterocycles. The van der Waals surface area contributed by atoms with E-state index < -0.39 is 0 Å². The summed E-state index contributed by atoms with van der Waals surface area (Å²) < 4.78 is 1.77. The zero-order valence-corrected chi connectivity index (χ0v) is 12.0. The summed E-state index contributed by atoms with van der Waals surface area (Å²) in [5.74, 6) is 0. The van der Waals surface area contributed by atoms with E-state index in [1.54, 1.807) is 16.8 Å². The fraction of sp³-hybridized carbons (Fsp3) is 0.385. The minimum atomic E-state index is 0.573.